The number of ether oxygens (including phenoxy) is 1. The Balaban J connectivity index is 3.10. The molecule has 8 heteroatoms. The van der Waals surface area contributed by atoms with E-state index in [9.17, 15) is 22.8 Å². The van der Waals surface area contributed by atoms with Crippen molar-refractivity contribution in [3.05, 3.63) is 23.8 Å². The van der Waals surface area contributed by atoms with Crippen molar-refractivity contribution in [3.63, 3.8) is 0 Å². The number of benzene rings is 1. The standard InChI is InChI=1S/C13H13BrF3NO3/c1-3-21-10-6-8(11(19)7(2)14)4-5-9(10)18-12(20)13(15,16)17/h4-7H,3H2,1-2H3,(H,18,20). The molecule has 0 aliphatic carbocycles. The second kappa shape index (κ2) is 6.93. The number of carbonyl (C=O) groups is 2. The van der Waals surface area contributed by atoms with Gasteiger partial charge in [0, 0.05) is 5.56 Å². The van der Waals surface area contributed by atoms with Crippen molar-refractivity contribution in [3.8, 4) is 5.75 Å². The Bertz CT molecular complexity index is 544. The molecule has 1 aromatic carbocycles. The van der Waals surface area contributed by atoms with Crippen molar-refractivity contribution in [2.45, 2.75) is 24.9 Å². The average Bonchev–Trinajstić information content (AvgIpc) is 2.38. The van der Waals surface area contributed by atoms with Gasteiger partial charge < -0.3 is 10.1 Å². The fraction of sp³-hybridized carbons (Fsp3) is 0.385. The summed E-state index contributed by atoms with van der Waals surface area (Å²) in [5, 5.41) is 1.72. The van der Waals surface area contributed by atoms with E-state index in [0.29, 0.717) is 0 Å². The summed E-state index contributed by atoms with van der Waals surface area (Å²) in [6.45, 7) is 3.44. The molecule has 0 spiro atoms. The van der Waals surface area contributed by atoms with Gasteiger partial charge in [0.25, 0.3) is 0 Å². The third-order valence-electron chi connectivity index (χ3n) is 2.43. The van der Waals surface area contributed by atoms with Crippen molar-refractivity contribution >= 4 is 33.3 Å². The van der Waals surface area contributed by atoms with Gasteiger partial charge in [-0.05, 0) is 32.0 Å². The van der Waals surface area contributed by atoms with E-state index in [1.54, 1.807) is 19.2 Å². The number of carbonyl (C=O) groups excluding carboxylic acids is 2. The summed E-state index contributed by atoms with van der Waals surface area (Å²) in [7, 11) is 0. The number of rotatable bonds is 5. The van der Waals surface area contributed by atoms with Crippen LogP contribution in [0.15, 0.2) is 18.2 Å². The highest BCUT2D eigenvalue weighted by Crippen LogP contribution is 2.29. The van der Waals surface area contributed by atoms with Gasteiger partial charge in [-0.15, -0.1) is 0 Å². The van der Waals surface area contributed by atoms with Crippen LogP contribution >= 0.6 is 15.9 Å². The molecule has 1 unspecified atom stereocenters. The first-order valence-electron chi connectivity index (χ1n) is 6.00. The van der Waals surface area contributed by atoms with Crippen LogP contribution < -0.4 is 10.1 Å². The maximum absolute atomic E-state index is 12.3. The zero-order chi connectivity index (χ0) is 16.2. The summed E-state index contributed by atoms with van der Waals surface area (Å²) in [5.41, 5.74) is 0.130. The molecule has 0 radical (unpaired) electrons. The van der Waals surface area contributed by atoms with Crippen molar-refractivity contribution in [1.82, 2.24) is 0 Å². The zero-order valence-corrected chi connectivity index (χ0v) is 12.8. The monoisotopic (exact) mass is 367 g/mol. The number of halogens is 4. The number of Topliss-reactive ketones (excluding diaryl/α,β-unsaturated/α-hetero) is 1. The van der Waals surface area contributed by atoms with Crippen LogP contribution in [-0.4, -0.2) is 29.3 Å². The van der Waals surface area contributed by atoms with E-state index in [1.807, 2.05) is 0 Å². The Hall–Kier alpha value is -1.57. The van der Waals surface area contributed by atoms with Crippen molar-refractivity contribution < 1.29 is 27.5 Å². The molecule has 1 rings (SSSR count). The first kappa shape index (κ1) is 17.5. The number of nitrogens with one attached hydrogen (secondary N) is 1. The minimum atomic E-state index is -5.00. The largest absolute Gasteiger partial charge is 0.492 e. The number of ketones is 1. The fourth-order valence-corrected chi connectivity index (χ4v) is 1.74. The number of hydrogen-bond donors (Lipinski definition) is 1. The lowest BCUT2D eigenvalue weighted by Gasteiger charge is -2.14. The summed E-state index contributed by atoms with van der Waals surface area (Å²) in [6.07, 6.45) is -5.00. The van der Waals surface area contributed by atoms with Crippen LogP contribution in [0.2, 0.25) is 0 Å². The molecule has 1 amide bonds. The smallest absolute Gasteiger partial charge is 0.471 e. The Labute approximate surface area is 127 Å². The summed E-state index contributed by atoms with van der Waals surface area (Å²) in [6, 6.07) is 3.83. The van der Waals surface area contributed by atoms with E-state index in [1.165, 1.54) is 18.2 Å². The third kappa shape index (κ3) is 4.73. The van der Waals surface area contributed by atoms with Crippen molar-refractivity contribution in [2.24, 2.45) is 0 Å². The average molecular weight is 368 g/mol. The molecule has 4 nitrogen and oxygen atoms in total. The first-order chi connectivity index (χ1) is 9.66. The van der Waals surface area contributed by atoms with E-state index in [4.69, 9.17) is 4.74 Å². The second-order valence-corrected chi connectivity index (χ2v) is 5.45. The van der Waals surface area contributed by atoms with Gasteiger partial charge in [0.2, 0.25) is 0 Å². The number of hydrogen-bond acceptors (Lipinski definition) is 3. The van der Waals surface area contributed by atoms with Crippen molar-refractivity contribution in [1.29, 1.82) is 0 Å². The molecule has 21 heavy (non-hydrogen) atoms. The second-order valence-electron chi connectivity index (χ2n) is 4.08. The molecule has 1 atom stereocenters. The van der Waals surface area contributed by atoms with E-state index in [2.05, 4.69) is 15.9 Å². The van der Waals surface area contributed by atoms with Crippen LogP contribution in [0, 0.1) is 0 Å². The zero-order valence-electron chi connectivity index (χ0n) is 11.3. The minimum absolute atomic E-state index is 0.00843. The highest BCUT2D eigenvalue weighted by atomic mass is 79.9. The van der Waals surface area contributed by atoms with Gasteiger partial charge in [0.1, 0.15) is 5.75 Å². The molecule has 0 bridgehead atoms. The molecule has 1 N–H and O–H groups in total. The SMILES string of the molecule is CCOc1cc(C(=O)C(C)Br)ccc1NC(=O)C(F)(F)F. The molecular formula is C13H13BrF3NO3. The normalized spacial score (nSPS) is 12.7. The van der Waals surface area contributed by atoms with Gasteiger partial charge in [-0.1, -0.05) is 15.9 Å². The Morgan fingerprint density at radius 3 is 2.48 bits per heavy atom. The summed E-state index contributed by atoms with van der Waals surface area (Å²) in [5.74, 6) is -2.34. The molecule has 1 aromatic rings. The highest BCUT2D eigenvalue weighted by molar-refractivity contribution is 9.10. The van der Waals surface area contributed by atoms with Crippen molar-refractivity contribution in [2.75, 3.05) is 11.9 Å². The van der Waals surface area contributed by atoms with Crippen LogP contribution in [0.4, 0.5) is 18.9 Å². The lowest BCUT2D eigenvalue weighted by molar-refractivity contribution is -0.167. The maximum atomic E-state index is 12.3. The Morgan fingerprint density at radius 2 is 2.00 bits per heavy atom. The van der Waals surface area contributed by atoms with Crippen LogP contribution in [0.3, 0.4) is 0 Å². The minimum Gasteiger partial charge on any atom is -0.492 e. The summed E-state index contributed by atoms with van der Waals surface area (Å²) in [4.78, 5) is 22.3. The molecule has 0 fully saturated rings. The van der Waals surface area contributed by atoms with E-state index < -0.39 is 16.9 Å². The van der Waals surface area contributed by atoms with Crippen LogP contribution in [0.25, 0.3) is 0 Å². The first-order valence-corrected chi connectivity index (χ1v) is 6.91. The number of alkyl halides is 4. The Kier molecular flexibility index (Phi) is 5.77. The predicted molar refractivity (Wildman–Crippen MR) is 75.0 cm³/mol. The van der Waals surface area contributed by atoms with Gasteiger partial charge >= 0.3 is 12.1 Å². The van der Waals surface area contributed by atoms with Crippen LogP contribution in [0.5, 0.6) is 5.75 Å². The lowest BCUT2D eigenvalue weighted by atomic mass is 10.1. The van der Waals surface area contributed by atoms with E-state index in [0.717, 1.165) is 0 Å². The van der Waals surface area contributed by atoms with Crippen LogP contribution in [-0.2, 0) is 4.79 Å². The molecule has 0 aromatic heterocycles. The predicted octanol–water partition coefficient (Wildman–Crippen LogP) is 3.55. The molecule has 0 heterocycles. The van der Waals surface area contributed by atoms with Gasteiger partial charge in [0.05, 0.1) is 17.1 Å². The molecule has 0 aliphatic heterocycles. The Morgan fingerprint density at radius 1 is 1.38 bits per heavy atom. The van der Waals surface area contributed by atoms with Crippen LogP contribution in [0.1, 0.15) is 24.2 Å². The van der Waals surface area contributed by atoms with E-state index >= 15 is 0 Å². The third-order valence-corrected chi connectivity index (χ3v) is 2.85. The number of amides is 1. The molecule has 116 valence electrons. The topological polar surface area (TPSA) is 55.4 Å². The van der Waals surface area contributed by atoms with Gasteiger partial charge in [0.15, 0.2) is 5.78 Å². The highest BCUT2D eigenvalue weighted by Gasteiger charge is 2.39. The summed E-state index contributed by atoms with van der Waals surface area (Å²) < 4.78 is 41.9. The molecule has 0 saturated heterocycles. The van der Waals surface area contributed by atoms with Gasteiger partial charge in [-0.2, -0.15) is 13.2 Å². The molecule has 0 aliphatic rings. The molecular weight excluding hydrogens is 355 g/mol. The lowest BCUT2D eigenvalue weighted by Crippen LogP contribution is -2.30. The van der Waals surface area contributed by atoms with E-state index in [-0.39, 0.29) is 29.4 Å². The van der Waals surface area contributed by atoms with Gasteiger partial charge in [-0.3, -0.25) is 9.59 Å². The fourth-order valence-electron chi connectivity index (χ4n) is 1.48. The quantitative estimate of drug-likeness (QED) is 0.639. The number of anilines is 1. The summed E-state index contributed by atoms with van der Waals surface area (Å²) >= 11 is 3.12. The maximum Gasteiger partial charge on any atom is 0.471 e. The van der Waals surface area contributed by atoms with Gasteiger partial charge in [-0.25, -0.2) is 0 Å². The molecule has 0 saturated carbocycles.